The lowest BCUT2D eigenvalue weighted by Gasteiger charge is -2.43. The third-order valence-electron chi connectivity index (χ3n) is 7.24. The van der Waals surface area contributed by atoms with E-state index in [1.54, 1.807) is 12.1 Å². The Kier molecular flexibility index (Phi) is 2.42. The van der Waals surface area contributed by atoms with Crippen LogP contribution in [-0.2, 0) is 11.2 Å². The number of aryl methyl sites for hydroxylation is 1. The van der Waals surface area contributed by atoms with Crippen LogP contribution in [0, 0.1) is 28.1 Å². The topological polar surface area (TPSA) is 61.1 Å². The van der Waals surface area contributed by atoms with Gasteiger partial charge in [-0.25, -0.2) is 4.39 Å². The highest BCUT2D eigenvalue weighted by molar-refractivity contribution is 5.97. The fraction of sp³-hybridized carbons (Fsp3) is 0.500. The first-order valence-electron chi connectivity index (χ1n) is 8.61. The molecule has 0 aliphatic heterocycles. The zero-order valence-electron chi connectivity index (χ0n) is 13.5. The summed E-state index contributed by atoms with van der Waals surface area (Å²) in [7, 11) is 0. The number of rotatable bonds is 0. The van der Waals surface area contributed by atoms with Crippen molar-refractivity contribution in [2.24, 2.45) is 16.7 Å². The first-order chi connectivity index (χ1) is 11.4. The summed E-state index contributed by atoms with van der Waals surface area (Å²) in [5, 5.41) is 19.2. The average molecular weight is 323 g/mol. The summed E-state index contributed by atoms with van der Waals surface area (Å²) in [6.07, 6.45) is 2.53. The number of benzene rings is 1. The molecular formula is C20H18FNO2. The van der Waals surface area contributed by atoms with E-state index in [9.17, 15) is 19.6 Å². The summed E-state index contributed by atoms with van der Waals surface area (Å²) >= 11 is 0. The van der Waals surface area contributed by atoms with Crippen LogP contribution in [0.2, 0.25) is 0 Å². The van der Waals surface area contributed by atoms with E-state index in [1.807, 2.05) is 13.0 Å². The Hall–Kier alpha value is -2.15. The molecule has 0 heterocycles. The first kappa shape index (κ1) is 14.2. The predicted octanol–water partition coefficient (Wildman–Crippen LogP) is 3.69. The van der Waals surface area contributed by atoms with Crippen molar-refractivity contribution in [2.45, 2.75) is 45.2 Å². The second-order valence-electron chi connectivity index (χ2n) is 7.98. The maximum absolute atomic E-state index is 14.5. The molecule has 1 aromatic carbocycles. The number of hydrogen-bond donors (Lipinski definition) is 1. The molecule has 4 atom stereocenters. The molecule has 4 aliphatic carbocycles. The van der Waals surface area contributed by atoms with E-state index in [-0.39, 0.29) is 28.4 Å². The SMILES string of the molecule is C[C@]12CCC3=C(CCc4cc(O)c(C#N)cc43)[C@@]13C[C@H]3[C@@H](F)C2=O. The molecular weight excluding hydrogens is 305 g/mol. The van der Waals surface area contributed by atoms with Crippen LogP contribution in [0.15, 0.2) is 17.7 Å². The van der Waals surface area contributed by atoms with Gasteiger partial charge >= 0.3 is 0 Å². The summed E-state index contributed by atoms with van der Waals surface area (Å²) < 4.78 is 14.5. The van der Waals surface area contributed by atoms with Crippen molar-refractivity contribution < 1.29 is 14.3 Å². The molecule has 1 aromatic rings. The van der Waals surface area contributed by atoms with Gasteiger partial charge in [-0.3, -0.25) is 4.79 Å². The van der Waals surface area contributed by atoms with E-state index >= 15 is 0 Å². The third kappa shape index (κ3) is 1.33. The zero-order valence-corrected chi connectivity index (χ0v) is 13.5. The maximum atomic E-state index is 14.5. The van der Waals surface area contributed by atoms with E-state index < -0.39 is 11.6 Å². The summed E-state index contributed by atoms with van der Waals surface area (Å²) in [6.45, 7) is 1.96. The highest BCUT2D eigenvalue weighted by Gasteiger charge is 2.79. The van der Waals surface area contributed by atoms with Gasteiger partial charge in [0.05, 0.1) is 5.56 Å². The molecule has 122 valence electrons. The molecule has 5 rings (SSSR count). The highest BCUT2D eigenvalue weighted by atomic mass is 19.1. The molecule has 1 N–H and O–H groups in total. The number of ketones is 1. The zero-order chi connectivity index (χ0) is 16.9. The number of allylic oxidation sites excluding steroid dienone is 2. The monoisotopic (exact) mass is 323 g/mol. The van der Waals surface area contributed by atoms with Gasteiger partial charge in [0.15, 0.2) is 12.0 Å². The molecule has 0 radical (unpaired) electrons. The van der Waals surface area contributed by atoms with Crippen molar-refractivity contribution in [1.82, 2.24) is 0 Å². The van der Waals surface area contributed by atoms with Crippen LogP contribution in [0.3, 0.4) is 0 Å². The van der Waals surface area contributed by atoms with Crippen molar-refractivity contribution in [2.75, 3.05) is 0 Å². The van der Waals surface area contributed by atoms with Gasteiger partial charge in [-0.15, -0.1) is 0 Å². The minimum Gasteiger partial charge on any atom is -0.507 e. The van der Waals surface area contributed by atoms with Crippen molar-refractivity contribution in [3.63, 3.8) is 0 Å². The Morgan fingerprint density at radius 2 is 2.12 bits per heavy atom. The van der Waals surface area contributed by atoms with Gasteiger partial charge in [-0.05, 0) is 60.9 Å². The van der Waals surface area contributed by atoms with Gasteiger partial charge in [-0.1, -0.05) is 12.5 Å². The molecule has 0 unspecified atom stereocenters. The van der Waals surface area contributed by atoms with Gasteiger partial charge < -0.3 is 5.11 Å². The molecule has 0 aromatic heterocycles. The predicted molar refractivity (Wildman–Crippen MR) is 85.8 cm³/mol. The van der Waals surface area contributed by atoms with Crippen LogP contribution in [0.25, 0.3) is 5.57 Å². The van der Waals surface area contributed by atoms with Crippen LogP contribution in [0.1, 0.15) is 49.3 Å². The molecule has 3 nitrogen and oxygen atoms in total. The lowest BCUT2D eigenvalue weighted by molar-refractivity contribution is -0.132. The molecule has 0 saturated heterocycles. The van der Waals surface area contributed by atoms with Crippen molar-refractivity contribution in [1.29, 1.82) is 5.26 Å². The molecule has 24 heavy (non-hydrogen) atoms. The Morgan fingerprint density at radius 3 is 2.88 bits per heavy atom. The normalized spacial score (nSPS) is 38.8. The second kappa shape index (κ2) is 4.08. The fourth-order valence-corrected chi connectivity index (χ4v) is 5.94. The number of carbonyl (C=O) groups is 1. The largest absolute Gasteiger partial charge is 0.507 e. The maximum Gasteiger partial charge on any atom is 0.173 e. The van der Waals surface area contributed by atoms with Crippen LogP contribution in [0.5, 0.6) is 5.75 Å². The van der Waals surface area contributed by atoms with Crippen molar-refractivity contribution >= 4 is 11.4 Å². The number of aromatic hydroxyl groups is 1. The summed E-state index contributed by atoms with van der Waals surface area (Å²) in [4.78, 5) is 12.5. The molecule has 4 aliphatic rings. The van der Waals surface area contributed by atoms with Crippen molar-refractivity contribution in [3.8, 4) is 11.8 Å². The number of fused-ring (bicyclic) bond motifs is 2. The number of nitriles is 1. The smallest absolute Gasteiger partial charge is 0.173 e. The number of hydrogen-bond acceptors (Lipinski definition) is 3. The minimum absolute atomic E-state index is 0.0308. The number of phenols is 1. The molecule has 4 heteroatoms. The van der Waals surface area contributed by atoms with Crippen LogP contribution >= 0.6 is 0 Å². The Bertz CT molecular complexity index is 896. The number of halogens is 1. The van der Waals surface area contributed by atoms with Gasteiger partial charge in [0.1, 0.15) is 11.8 Å². The Balaban J connectivity index is 1.73. The van der Waals surface area contributed by atoms with E-state index in [4.69, 9.17) is 0 Å². The van der Waals surface area contributed by atoms with E-state index in [2.05, 4.69) is 0 Å². The standard InChI is InChI=1S/C20H18FNO2/c1-19-5-4-12-13-6-11(9-22)16(23)7-10(13)2-3-14(12)20(19)8-15(20)17(21)18(19)24/h6-7,15,17,23H,2-5,8H2,1H3/t15-,17+,19+,20+/m0/s1. The molecule has 1 spiro atoms. The molecule has 0 bridgehead atoms. The number of carbonyl (C=O) groups excluding carboxylic acids is 1. The van der Waals surface area contributed by atoms with E-state index in [1.165, 1.54) is 11.1 Å². The third-order valence-corrected chi connectivity index (χ3v) is 7.24. The Labute approximate surface area is 139 Å². The van der Waals surface area contributed by atoms with Gasteiger partial charge in [0.25, 0.3) is 0 Å². The molecule has 0 amide bonds. The summed E-state index contributed by atoms with van der Waals surface area (Å²) in [6, 6.07) is 5.52. The van der Waals surface area contributed by atoms with Crippen LogP contribution < -0.4 is 0 Å². The molecule has 2 saturated carbocycles. The number of Topliss-reactive ketones (excluding diaryl/α,β-unsaturated/α-hetero) is 1. The first-order valence-corrected chi connectivity index (χ1v) is 8.61. The van der Waals surface area contributed by atoms with Crippen LogP contribution in [-0.4, -0.2) is 17.1 Å². The number of alkyl halides is 1. The van der Waals surface area contributed by atoms with Gasteiger partial charge in [0.2, 0.25) is 0 Å². The summed E-state index contributed by atoms with van der Waals surface area (Å²) in [5.41, 5.74) is 4.01. The molecule has 2 fully saturated rings. The van der Waals surface area contributed by atoms with E-state index in [0.29, 0.717) is 6.42 Å². The van der Waals surface area contributed by atoms with Gasteiger partial charge in [0, 0.05) is 16.7 Å². The lowest BCUT2D eigenvalue weighted by atomic mass is 9.59. The minimum atomic E-state index is -1.31. The number of nitrogens with zero attached hydrogens (tertiary/aromatic N) is 1. The quantitative estimate of drug-likeness (QED) is 0.792. The Morgan fingerprint density at radius 1 is 1.33 bits per heavy atom. The second-order valence-corrected chi connectivity index (χ2v) is 7.98. The summed E-state index contributed by atoms with van der Waals surface area (Å²) in [5.74, 6) is -0.308. The van der Waals surface area contributed by atoms with Crippen molar-refractivity contribution in [3.05, 3.63) is 34.4 Å². The number of phenolic OH excluding ortho intramolecular Hbond substituents is 1. The fourth-order valence-electron chi connectivity index (χ4n) is 5.94. The highest BCUT2D eigenvalue weighted by Crippen LogP contribution is 2.79. The van der Waals surface area contributed by atoms with E-state index in [0.717, 1.165) is 36.8 Å². The van der Waals surface area contributed by atoms with Gasteiger partial charge in [-0.2, -0.15) is 5.26 Å². The lowest BCUT2D eigenvalue weighted by Crippen LogP contribution is -2.40. The van der Waals surface area contributed by atoms with Crippen LogP contribution in [0.4, 0.5) is 4.39 Å². The average Bonchev–Trinajstić information content (AvgIpc) is 3.29.